The number of thioether (sulfide) groups is 1. The second kappa shape index (κ2) is 5.84. The van der Waals surface area contributed by atoms with E-state index in [4.69, 9.17) is 5.11 Å². The summed E-state index contributed by atoms with van der Waals surface area (Å²) in [5.74, 6) is -3.41. The summed E-state index contributed by atoms with van der Waals surface area (Å²) in [7, 11) is 0. The van der Waals surface area contributed by atoms with Crippen LogP contribution in [0.3, 0.4) is 0 Å². The van der Waals surface area contributed by atoms with Gasteiger partial charge in [-0.05, 0) is 35.4 Å². The fourth-order valence-electron chi connectivity index (χ4n) is 1.63. The van der Waals surface area contributed by atoms with E-state index in [2.05, 4.69) is 0 Å². The highest BCUT2D eigenvalue weighted by Crippen LogP contribution is 2.28. The number of rotatable bonds is 4. The van der Waals surface area contributed by atoms with E-state index in [1.165, 1.54) is 12.1 Å². The Morgan fingerprint density at radius 2 is 1.42 bits per heavy atom. The Morgan fingerprint density at radius 1 is 0.947 bits per heavy atom. The topological polar surface area (TPSA) is 37.3 Å². The van der Waals surface area contributed by atoms with Gasteiger partial charge in [-0.1, -0.05) is 36.0 Å². The van der Waals surface area contributed by atoms with Crippen molar-refractivity contribution in [2.24, 2.45) is 0 Å². The Bertz CT molecular complexity index is 565. The summed E-state index contributed by atoms with van der Waals surface area (Å²) in [4.78, 5) is 11.2. The summed E-state index contributed by atoms with van der Waals surface area (Å²) in [6.07, 6.45) is 0. The van der Waals surface area contributed by atoms with E-state index >= 15 is 0 Å². The fourth-order valence-corrected chi connectivity index (χ4v) is 2.13. The maximum absolute atomic E-state index is 12.2. The average molecular weight is 280 g/mol. The number of hydrogen-bond acceptors (Lipinski definition) is 2. The Balaban J connectivity index is 2.19. The predicted molar refractivity (Wildman–Crippen MR) is 70.7 cm³/mol. The van der Waals surface area contributed by atoms with Crippen LogP contribution in [0, 0.1) is 0 Å². The van der Waals surface area contributed by atoms with E-state index in [9.17, 15) is 13.6 Å². The van der Waals surface area contributed by atoms with Crippen LogP contribution >= 0.6 is 11.8 Å². The summed E-state index contributed by atoms with van der Waals surface area (Å²) in [6, 6.07) is 13.1. The van der Waals surface area contributed by atoms with Crippen molar-refractivity contribution in [1.82, 2.24) is 0 Å². The third kappa shape index (κ3) is 3.54. The van der Waals surface area contributed by atoms with Crippen LogP contribution in [0.5, 0.6) is 0 Å². The van der Waals surface area contributed by atoms with E-state index in [0.29, 0.717) is 16.7 Å². The van der Waals surface area contributed by atoms with Crippen molar-refractivity contribution in [3.8, 4) is 11.1 Å². The number of aromatic carboxylic acids is 1. The van der Waals surface area contributed by atoms with Gasteiger partial charge in [-0.15, -0.1) is 0 Å². The number of halogens is 2. The van der Waals surface area contributed by atoms with Gasteiger partial charge in [0.25, 0.3) is 5.76 Å². The number of carboxylic acid groups (broad SMARTS) is 1. The van der Waals surface area contributed by atoms with E-state index in [-0.39, 0.29) is 5.56 Å². The quantitative estimate of drug-likeness (QED) is 0.845. The molecule has 0 amide bonds. The van der Waals surface area contributed by atoms with Crippen molar-refractivity contribution in [1.29, 1.82) is 0 Å². The first-order valence-corrected chi connectivity index (χ1v) is 6.33. The first-order valence-electron chi connectivity index (χ1n) is 5.45. The van der Waals surface area contributed by atoms with Gasteiger partial charge in [0.15, 0.2) is 0 Å². The molecule has 0 fully saturated rings. The van der Waals surface area contributed by atoms with Crippen LogP contribution in [-0.4, -0.2) is 16.8 Å². The lowest BCUT2D eigenvalue weighted by Gasteiger charge is -2.04. The summed E-state index contributed by atoms with van der Waals surface area (Å²) in [5.41, 5.74) is 1.92. The van der Waals surface area contributed by atoms with Gasteiger partial charge in [-0.3, -0.25) is 0 Å². The van der Waals surface area contributed by atoms with Gasteiger partial charge < -0.3 is 5.11 Å². The van der Waals surface area contributed by atoms with Crippen molar-refractivity contribution >= 4 is 17.7 Å². The lowest BCUT2D eigenvalue weighted by Crippen LogP contribution is -1.94. The van der Waals surface area contributed by atoms with E-state index in [1.807, 2.05) is 0 Å². The molecule has 2 rings (SSSR count). The molecular weight excluding hydrogens is 270 g/mol. The Morgan fingerprint density at radius 3 is 1.84 bits per heavy atom. The molecule has 2 aromatic carbocycles. The predicted octanol–water partition coefficient (Wildman–Crippen LogP) is 4.37. The lowest BCUT2D eigenvalue weighted by molar-refractivity contribution is 0.0697. The third-order valence-corrected chi connectivity index (χ3v) is 3.27. The zero-order valence-electron chi connectivity index (χ0n) is 9.72. The van der Waals surface area contributed by atoms with Crippen LogP contribution in [-0.2, 0) is 0 Å². The van der Waals surface area contributed by atoms with Crippen molar-refractivity contribution in [2.45, 2.75) is 10.7 Å². The van der Waals surface area contributed by atoms with Crippen molar-refractivity contribution in [2.75, 3.05) is 0 Å². The molecule has 0 unspecified atom stereocenters. The molecule has 2 nitrogen and oxygen atoms in total. The molecule has 0 atom stereocenters. The number of benzene rings is 2. The number of carboxylic acids is 1. The number of alkyl halides is 2. The zero-order chi connectivity index (χ0) is 13.8. The standard InChI is InChI=1S/C14H10F2O2S/c15-14(16)19-12-7-5-10(6-8-12)9-1-3-11(4-2-9)13(17)18/h1-8,14H,(H,17,18). The molecule has 5 heteroatoms. The fraction of sp³-hybridized carbons (Fsp3) is 0.0714. The monoisotopic (exact) mass is 280 g/mol. The number of carbonyl (C=O) groups is 1. The van der Waals surface area contributed by atoms with Gasteiger partial charge in [0.05, 0.1) is 5.56 Å². The number of hydrogen-bond donors (Lipinski definition) is 1. The highest BCUT2D eigenvalue weighted by Gasteiger charge is 2.06. The summed E-state index contributed by atoms with van der Waals surface area (Å²) >= 11 is 0.498. The van der Waals surface area contributed by atoms with Crippen LogP contribution < -0.4 is 0 Å². The Kier molecular flexibility index (Phi) is 4.16. The summed E-state index contributed by atoms with van der Waals surface area (Å²) in [5, 5.41) is 8.79. The molecule has 0 spiro atoms. The lowest BCUT2D eigenvalue weighted by atomic mass is 10.0. The average Bonchev–Trinajstić information content (AvgIpc) is 2.39. The van der Waals surface area contributed by atoms with Gasteiger partial charge in [0.2, 0.25) is 0 Å². The second-order valence-corrected chi connectivity index (χ2v) is 4.85. The highest BCUT2D eigenvalue weighted by molar-refractivity contribution is 7.99. The first-order chi connectivity index (χ1) is 9.06. The van der Waals surface area contributed by atoms with Gasteiger partial charge in [-0.25, -0.2) is 4.79 Å². The van der Waals surface area contributed by atoms with E-state index < -0.39 is 11.7 Å². The second-order valence-electron chi connectivity index (χ2n) is 3.79. The normalized spacial score (nSPS) is 10.7. The van der Waals surface area contributed by atoms with Crippen LogP contribution in [0.2, 0.25) is 0 Å². The maximum Gasteiger partial charge on any atom is 0.335 e. The Labute approximate surface area is 113 Å². The SMILES string of the molecule is O=C(O)c1ccc(-c2ccc(SC(F)F)cc2)cc1. The molecule has 0 aliphatic heterocycles. The van der Waals surface area contributed by atoms with E-state index in [0.717, 1.165) is 11.1 Å². The third-order valence-electron chi connectivity index (χ3n) is 2.54. The van der Waals surface area contributed by atoms with Gasteiger partial charge in [-0.2, -0.15) is 8.78 Å². The molecule has 2 aromatic rings. The zero-order valence-corrected chi connectivity index (χ0v) is 10.5. The van der Waals surface area contributed by atoms with Crippen molar-refractivity contribution < 1.29 is 18.7 Å². The van der Waals surface area contributed by atoms with Crippen LogP contribution in [0.1, 0.15) is 10.4 Å². The van der Waals surface area contributed by atoms with Crippen LogP contribution in [0.4, 0.5) is 8.78 Å². The molecule has 1 N–H and O–H groups in total. The Hall–Kier alpha value is -1.88. The van der Waals surface area contributed by atoms with Gasteiger partial charge in [0, 0.05) is 4.90 Å². The molecule has 19 heavy (non-hydrogen) atoms. The summed E-state index contributed by atoms with van der Waals surface area (Å²) < 4.78 is 24.3. The van der Waals surface area contributed by atoms with Crippen molar-refractivity contribution in [3.05, 3.63) is 54.1 Å². The van der Waals surface area contributed by atoms with Crippen LogP contribution in [0.25, 0.3) is 11.1 Å². The molecule has 98 valence electrons. The molecule has 0 saturated heterocycles. The largest absolute Gasteiger partial charge is 0.478 e. The smallest absolute Gasteiger partial charge is 0.335 e. The minimum Gasteiger partial charge on any atom is -0.478 e. The van der Waals surface area contributed by atoms with Gasteiger partial charge in [0.1, 0.15) is 0 Å². The minimum atomic E-state index is -2.43. The summed E-state index contributed by atoms with van der Waals surface area (Å²) in [6.45, 7) is 0. The minimum absolute atomic E-state index is 0.216. The highest BCUT2D eigenvalue weighted by atomic mass is 32.2. The van der Waals surface area contributed by atoms with Gasteiger partial charge >= 0.3 is 5.97 Å². The molecule has 0 bridgehead atoms. The molecule has 0 aliphatic rings. The first kappa shape index (κ1) is 13.5. The van der Waals surface area contributed by atoms with Crippen molar-refractivity contribution in [3.63, 3.8) is 0 Å². The molecule has 0 saturated carbocycles. The maximum atomic E-state index is 12.2. The molecule has 0 heterocycles. The molecular formula is C14H10F2O2S. The van der Waals surface area contributed by atoms with Crippen LogP contribution in [0.15, 0.2) is 53.4 Å². The molecule has 0 aliphatic carbocycles. The molecule has 0 aromatic heterocycles. The molecule has 0 radical (unpaired) electrons. The van der Waals surface area contributed by atoms with E-state index in [1.54, 1.807) is 36.4 Å².